The summed E-state index contributed by atoms with van der Waals surface area (Å²) in [7, 11) is 2.64. The SMILES string of the molecule is CC(C)C(Cl)(SSC(Cl)(C(C)C)C(Cl)Cl)C(Cl)Cl. The van der Waals surface area contributed by atoms with E-state index in [2.05, 4.69) is 0 Å². The summed E-state index contributed by atoms with van der Waals surface area (Å²) in [6.45, 7) is 7.79. The minimum Gasteiger partial charge on any atom is -0.103 e. The number of hydrogen-bond donors (Lipinski definition) is 0. The van der Waals surface area contributed by atoms with Crippen molar-refractivity contribution in [2.45, 2.75) is 45.8 Å². The van der Waals surface area contributed by atoms with E-state index in [9.17, 15) is 0 Å². The number of rotatable bonds is 7. The lowest BCUT2D eigenvalue weighted by molar-refractivity contribution is 0.581. The molecular formula is C10H16Cl6S2. The Hall–Kier alpha value is 2.44. The Kier molecular flexibility index (Phi) is 9.28. The fraction of sp³-hybridized carbons (Fsp3) is 1.00. The highest BCUT2D eigenvalue weighted by molar-refractivity contribution is 8.78. The van der Waals surface area contributed by atoms with Crippen LogP contribution in [-0.2, 0) is 0 Å². The molecule has 0 amide bonds. The van der Waals surface area contributed by atoms with Gasteiger partial charge < -0.3 is 0 Å². The first kappa shape index (κ1) is 20.4. The van der Waals surface area contributed by atoms with Crippen molar-refractivity contribution in [2.75, 3.05) is 0 Å². The van der Waals surface area contributed by atoms with Gasteiger partial charge in [0.1, 0.15) is 18.1 Å². The van der Waals surface area contributed by atoms with Gasteiger partial charge in [0.25, 0.3) is 0 Å². The summed E-state index contributed by atoms with van der Waals surface area (Å²) >= 11 is 36.7. The summed E-state index contributed by atoms with van der Waals surface area (Å²) in [5.74, 6) is 0.127. The van der Waals surface area contributed by atoms with E-state index >= 15 is 0 Å². The second-order valence-corrected chi connectivity index (χ2v) is 11.0. The Morgan fingerprint density at radius 1 is 0.667 bits per heavy atom. The molecule has 8 heteroatoms. The zero-order chi connectivity index (χ0) is 14.7. The van der Waals surface area contributed by atoms with E-state index < -0.39 is 18.1 Å². The van der Waals surface area contributed by atoms with E-state index in [0.717, 1.165) is 0 Å². The first-order valence-corrected chi connectivity index (χ1v) is 9.94. The highest BCUT2D eigenvalue weighted by Gasteiger charge is 2.46. The molecule has 2 unspecified atom stereocenters. The van der Waals surface area contributed by atoms with Gasteiger partial charge in [0.15, 0.2) is 0 Å². The Morgan fingerprint density at radius 3 is 1.00 bits per heavy atom. The van der Waals surface area contributed by atoms with Crippen molar-refractivity contribution in [3.63, 3.8) is 0 Å². The fourth-order valence-corrected chi connectivity index (χ4v) is 6.92. The first-order valence-electron chi connectivity index (χ1n) is 5.29. The maximum atomic E-state index is 6.46. The molecule has 0 saturated carbocycles. The molecule has 0 aliphatic carbocycles. The van der Waals surface area contributed by atoms with Crippen LogP contribution in [0, 0.1) is 11.8 Å². The summed E-state index contributed by atoms with van der Waals surface area (Å²) in [4.78, 5) is -1.46. The normalized spacial score (nSPS) is 19.7. The van der Waals surface area contributed by atoms with Gasteiger partial charge in [-0.2, -0.15) is 0 Å². The predicted octanol–water partition coefficient (Wildman–Crippen LogP) is 7.16. The molecule has 0 aliphatic heterocycles. The molecule has 0 N–H and O–H groups in total. The van der Waals surface area contributed by atoms with Gasteiger partial charge in [0, 0.05) is 0 Å². The molecule has 0 spiro atoms. The molecule has 0 aliphatic rings. The van der Waals surface area contributed by atoms with Crippen molar-refractivity contribution >= 4 is 91.2 Å². The van der Waals surface area contributed by atoms with Crippen molar-refractivity contribution in [1.29, 1.82) is 0 Å². The van der Waals surface area contributed by atoms with Gasteiger partial charge in [0.05, 0.1) is 0 Å². The maximum Gasteiger partial charge on any atom is 0.137 e. The van der Waals surface area contributed by atoms with Crippen molar-refractivity contribution in [2.24, 2.45) is 11.8 Å². The lowest BCUT2D eigenvalue weighted by Crippen LogP contribution is -2.35. The topological polar surface area (TPSA) is 0 Å². The van der Waals surface area contributed by atoms with Crippen molar-refractivity contribution < 1.29 is 0 Å². The van der Waals surface area contributed by atoms with Crippen LogP contribution in [0.15, 0.2) is 0 Å². The van der Waals surface area contributed by atoms with Gasteiger partial charge in [0.2, 0.25) is 0 Å². The lowest BCUT2D eigenvalue weighted by Gasteiger charge is -2.37. The van der Waals surface area contributed by atoms with Crippen molar-refractivity contribution in [1.82, 2.24) is 0 Å². The lowest BCUT2D eigenvalue weighted by atomic mass is 10.1. The molecule has 0 nitrogen and oxygen atoms in total. The minimum absolute atomic E-state index is 0.0637. The maximum absolute atomic E-state index is 6.46. The van der Waals surface area contributed by atoms with E-state index in [1.165, 1.54) is 21.6 Å². The Bertz CT molecular complexity index is 215. The zero-order valence-corrected chi connectivity index (χ0v) is 16.6. The van der Waals surface area contributed by atoms with Crippen LogP contribution in [0.25, 0.3) is 0 Å². The summed E-state index contributed by atoms with van der Waals surface area (Å²) in [5, 5.41) is 0. The van der Waals surface area contributed by atoms with Gasteiger partial charge in [-0.3, -0.25) is 0 Å². The summed E-state index contributed by atoms with van der Waals surface area (Å²) < 4.78 is -1.68. The molecule has 0 fully saturated rings. The highest BCUT2D eigenvalue weighted by atomic mass is 35.5. The van der Waals surface area contributed by atoms with Crippen LogP contribution in [0.5, 0.6) is 0 Å². The number of hydrogen-bond acceptors (Lipinski definition) is 2. The molecule has 18 heavy (non-hydrogen) atoms. The molecule has 110 valence electrons. The number of alkyl halides is 6. The van der Waals surface area contributed by atoms with Crippen LogP contribution in [0.3, 0.4) is 0 Å². The largest absolute Gasteiger partial charge is 0.137 e. The third kappa shape index (κ3) is 5.02. The molecule has 0 aromatic heterocycles. The Morgan fingerprint density at radius 2 is 0.889 bits per heavy atom. The zero-order valence-electron chi connectivity index (χ0n) is 10.4. The quantitative estimate of drug-likeness (QED) is 0.321. The standard InChI is InChI=1S/C10H16Cl6S2/c1-5(2)9(15,7(11)12)17-18-10(16,6(3)4)8(13)14/h5-8H,1-4H3. The van der Waals surface area contributed by atoms with Crippen LogP contribution in [-0.4, -0.2) is 18.1 Å². The first-order chi connectivity index (χ1) is 7.98. The van der Waals surface area contributed by atoms with E-state index in [1.54, 1.807) is 0 Å². The average molecular weight is 413 g/mol. The van der Waals surface area contributed by atoms with Crippen LogP contribution < -0.4 is 0 Å². The second kappa shape index (κ2) is 8.17. The van der Waals surface area contributed by atoms with Crippen molar-refractivity contribution in [3.8, 4) is 0 Å². The fourth-order valence-electron chi connectivity index (χ4n) is 0.897. The molecule has 0 radical (unpaired) electrons. The van der Waals surface area contributed by atoms with Crippen LogP contribution in [0.1, 0.15) is 27.7 Å². The Balaban J connectivity index is 4.90. The smallest absolute Gasteiger partial charge is 0.103 e. The van der Waals surface area contributed by atoms with Crippen LogP contribution in [0.4, 0.5) is 0 Å². The molecule has 0 aromatic rings. The summed E-state index contributed by atoms with van der Waals surface area (Å²) in [5.41, 5.74) is 0. The van der Waals surface area contributed by atoms with Gasteiger partial charge in [-0.05, 0) is 11.8 Å². The van der Waals surface area contributed by atoms with Gasteiger partial charge in [-0.15, -0.1) is 69.6 Å². The highest BCUT2D eigenvalue weighted by Crippen LogP contribution is 2.58. The van der Waals surface area contributed by atoms with E-state index in [4.69, 9.17) is 69.6 Å². The molecule has 0 rings (SSSR count). The van der Waals surface area contributed by atoms with Gasteiger partial charge in [-0.1, -0.05) is 49.3 Å². The van der Waals surface area contributed by atoms with E-state index in [0.29, 0.717) is 0 Å². The molecule has 0 heterocycles. The minimum atomic E-state index is -0.842. The van der Waals surface area contributed by atoms with Crippen LogP contribution in [0.2, 0.25) is 0 Å². The third-order valence-electron chi connectivity index (χ3n) is 2.47. The van der Waals surface area contributed by atoms with E-state index in [1.807, 2.05) is 27.7 Å². The Labute approximate surface area is 147 Å². The molecule has 0 bridgehead atoms. The molecule has 0 saturated heterocycles. The summed E-state index contributed by atoms with van der Waals surface area (Å²) in [6.07, 6.45) is 0. The van der Waals surface area contributed by atoms with Gasteiger partial charge >= 0.3 is 0 Å². The van der Waals surface area contributed by atoms with Crippen molar-refractivity contribution in [3.05, 3.63) is 0 Å². The van der Waals surface area contributed by atoms with E-state index in [-0.39, 0.29) is 11.8 Å². The van der Waals surface area contributed by atoms with Gasteiger partial charge in [-0.25, -0.2) is 0 Å². The monoisotopic (exact) mass is 410 g/mol. The number of halogens is 6. The summed E-state index contributed by atoms with van der Waals surface area (Å²) in [6, 6.07) is 0. The second-order valence-electron chi connectivity index (χ2n) is 4.47. The molecule has 0 aromatic carbocycles. The molecular weight excluding hydrogens is 397 g/mol. The predicted molar refractivity (Wildman–Crippen MR) is 93.0 cm³/mol. The van der Waals surface area contributed by atoms with Crippen LogP contribution >= 0.6 is 91.2 Å². The molecule has 2 atom stereocenters. The third-order valence-corrected chi connectivity index (χ3v) is 11.0. The average Bonchev–Trinajstić information content (AvgIpc) is 2.23.